The van der Waals surface area contributed by atoms with Crippen LogP contribution in [0.5, 0.6) is 0 Å². The molecule has 0 saturated heterocycles. The lowest BCUT2D eigenvalue weighted by Crippen LogP contribution is -2.24. The van der Waals surface area contributed by atoms with Gasteiger partial charge in [0.15, 0.2) is 5.69 Å². The van der Waals surface area contributed by atoms with Gasteiger partial charge in [0.25, 0.3) is 5.91 Å². The minimum Gasteiger partial charge on any atom is -0.360 e. The highest BCUT2D eigenvalue weighted by atomic mass is 16.5. The molecule has 126 valence electrons. The molecule has 3 aromatic rings. The number of nitrogens with zero attached hydrogens (tertiary/aromatic N) is 3. The fraction of sp³-hybridized carbons (Fsp3) is 0.263. The number of pyridine rings is 2. The summed E-state index contributed by atoms with van der Waals surface area (Å²) in [5.74, 6) is 0.672. The van der Waals surface area contributed by atoms with E-state index >= 15 is 0 Å². The van der Waals surface area contributed by atoms with Crippen molar-refractivity contribution in [3.63, 3.8) is 0 Å². The first-order valence-corrected chi connectivity index (χ1v) is 8.42. The zero-order valence-corrected chi connectivity index (χ0v) is 13.7. The second kappa shape index (κ2) is 6.84. The number of hydrogen-bond donors (Lipinski definition) is 1. The van der Waals surface area contributed by atoms with Gasteiger partial charge in [-0.2, -0.15) is 0 Å². The number of hydrogen-bond acceptors (Lipinski definition) is 5. The molecule has 6 heteroatoms. The van der Waals surface area contributed by atoms with Gasteiger partial charge in [-0.3, -0.25) is 14.8 Å². The molecule has 0 unspecified atom stereocenters. The molecule has 0 fully saturated rings. The highest BCUT2D eigenvalue weighted by Crippen LogP contribution is 2.24. The number of amides is 1. The number of aryl methyl sites for hydroxylation is 1. The van der Waals surface area contributed by atoms with E-state index < -0.39 is 0 Å². The maximum atomic E-state index is 12.4. The van der Waals surface area contributed by atoms with Crippen LogP contribution in [0, 0.1) is 0 Å². The second-order valence-corrected chi connectivity index (χ2v) is 6.11. The molecule has 0 radical (unpaired) electrons. The SMILES string of the molecule is O=C(NCc1ccnc(-c2cccnc2)c1)c1noc2c1CCCC2. The number of carbonyl (C=O) groups is 1. The molecule has 1 aliphatic rings. The minimum absolute atomic E-state index is 0.188. The van der Waals surface area contributed by atoms with Gasteiger partial charge in [-0.05, 0) is 49.1 Å². The van der Waals surface area contributed by atoms with Crippen molar-refractivity contribution in [1.29, 1.82) is 0 Å². The molecule has 1 amide bonds. The lowest BCUT2D eigenvalue weighted by Gasteiger charge is -2.09. The molecule has 1 N–H and O–H groups in total. The summed E-state index contributed by atoms with van der Waals surface area (Å²) >= 11 is 0. The lowest BCUT2D eigenvalue weighted by atomic mass is 9.96. The molecular weight excluding hydrogens is 316 g/mol. The number of carbonyl (C=O) groups excluding carboxylic acids is 1. The molecule has 25 heavy (non-hydrogen) atoms. The molecule has 0 bridgehead atoms. The first-order chi connectivity index (χ1) is 12.3. The predicted molar refractivity (Wildman–Crippen MR) is 91.8 cm³/mol. The predicted octanol–water partition coefficient (Wildman–Crippen LogP) is 2.94. The number of nitrogens with one attached hydrogen (secondary N) is 1. The van der Waals surface area contributed by atoms with Crippen molar-refractivity contribution in [2.45, 2.75) is 32.2 Å². The smallest absolute Gasteiger partial charge is 0.274 e. The van der Waals surface area contributed by atoms with Crippen molar-refractivity contribution in [2.24, 2.45) is 0 Å². The molecule has 0 aromatic carbocycles. The van der Waals surface area contributed by atoms with Crippen LogP contribution in [0.1, 0.15) is 40.2 Å². The van der Waals surface area contributed by atoms with Crippen LogP contribution < -0.4 is 5.32 Å². The van der Waals surface area contributed by atoms with Crippen LogP contribution in [0.3, 0.4) is 0 Å². The fourth-order valence-corrected chi connectivity index (χ4v) is 3.09. The van der Waals surface area contributed by atoms with E-state index in [9.17, 15) is 4.79 Å². The van der Waals surface area contributed by atoms with Gasteiger partial charge in [-0.15, -0.1) is 0 Å². The summed E-state index contributed by atoms with van der Waals surface area (Å²) in [4.78, 5) is 20.9. The monoisotopic (exact) mass is 334 g/mol. The number of fused-ring (bicyclic) bond motifs is 1. The molecule has 3 heterocycles. The van der Waals surface area contributed by atoms with Crippen molar-refractivity contribution in [2.75, 3.05) is 0 Å². The molecule has 4 rings (SSSR count). The maximum Gasteiger partial charge on any atom is 0.274 e. The average molecular weight is 334 g/mol. The Morgan fingerprint density at radius 2 is 2.12 bits per heavy atom. The third-order valence-electron chi connectivity index (χ3n) is 4.40. The molecule has 0 aliphatic heterocycles. The molecular formula is C19H18N4O2. The van der Waals surface area contributed by atoms with Crippen LogP contribution in [-0.4, -0.2) is 21.0 Å². The van der Waals surface area contributed by atoms with E-state index in [2.05, 4.69) is 20.4 Å². The van der Waals surface area contributed by atoms with Crippen molar-refractivity contribution >= 4 is 5.91 Å². The summed E-state index contributed by atoms with van der Waals surface area (Å²) in [5.41, 5.74) is 4.14. The van der Waals surface area contributed by atoms with Crippen molar-refractivity contribution in [3.8, 4) is 11.3 Å². The third kappa shape index (κ3) is 3.28. The molecule has 6 nitrogen and oxygen atoms in total. The first kappa shape index (κ1) is 15.5. The van der Waals surface area contributed by atoms with E-state index in [0.29, 0.717) is 12.2 Å². The van der Waals surface area contributed by atoms with Crippen LogP contribution in [-0.2, 0) is 19.4 Å². The maximum absolute atomic E-state index is 12.4. The Labute approximate surface area is 145 Å². The summed E-state index contributed by atoms with van der Waals surface area (Å²) < 4.78 is 5.31. The topological polar surface area (TPSA) is 80.9 Å². The highest BCUT2D eigenvalue weighted by molar-refractivity contribution is 5.93. The Bertz CT molecular complexity index is 889. The largest absolute Gasteiger partial charge is 0.360 e. The zero-order valence-electron chi connectivity index (χ0n) is 13.7. The first-order valence-electron chi connectivity index (χ1n) is 8.42. The Balaban J connectivity index is 1.47. The van der Waals surface area contributed by atoms with Gasteiger partial charge in [0.2, 0.25) is 0 Å². The lowest BCUT2D eigenvalue weighted by molar-refractivity contribution is 0.0941. The number of aromatic nitrogens is 3. The van der Waals surface area contributed by atoms with Gasteiger partial charge in [0, 0.05) is 42.7 Å². The van der Waals surface area contributed by atoms with E-state index in [-0.39, 0.29) is 5.91 Å². The van der Waals surface area contributed by atoms with Gasteiger partial charge in [-0.1, -0.05) is 5.16 Å². The van der Waals surface area contributed by atoms with Crippen LogP contribution >= 0.6 is 0 Å². The van der Waals surface area contributed by atoms with Crippen molar-refractivity contribution in [1.82, 2.24) is 20.4 Å². The summed E-state index contributed by atoms with van der Waals surface area (Å²) in [6, 6.07) is 7.67. The zero-order chi connectivity index (χ0) is 17.1. The summed E-state index contributed by atoms with van der Waals surface area (Å²) in [5, 5.41) is 6.89. The number of rotatable bonds is 4. The van der Waals surface area contributed by atoms with Gasteiger partial charge < -0.3 is 9.84 Å². The van der Waals surface area contributed by atoms with Gasteiger partial charge in [0.05, 0.1) is 5.69 Å². The highest BCUT2D eigenvalue weighted by Gasteiger charge is 2.23. The van der Waals surface area contributed by atoms with E-state index in [4.69, 9.17) is 4.52 Å². The van der Waals surface area contributed by atoms with Crippen molar-refractivity contribution < 1.29 is 9.32 Å². The van der Waals surface area contributed by atoms with E-state index in [1.807, 2.05) is 24.3 Å². The van der Waals surface area contributed by atoms with Crippen molar-refractivity contribution in [3.05, 3.63) is 65.4 Å². The van der Waals surface area contributed by atoms with Gasteiger partial charge in [-0.25, -0.2) is 0 Å². The fourth-order valence-electron chi connectivity index (χ4n) is 3.09. The third-order valence-corrected chi connectivity index (χ3v) is 4.40. The standard InChI is InChI=1S/C19H18N4O2/c24-19(18-15-5-1-2-6-17(15)25-23-18)22-11-13-7-9-21-16(10-13)14-4-3-8-20-12-14/h3-4,7-10,12H,1-2,5-6,11H2,(H,22,24). The van der Waals surface area contributed by atoms with Gasteiger partial charge >= 0.3 is 0 Å². The van der Waals surface area contributed by atoms with Crippen LogP contribution in [0.15, 0.2) is 47.4 Å². The van der Waals surface area contributed by atoms with Crippen LogP contribution in [0.2, 0.25) is 0 Å². The van der Waals surface area contributed by atoms with Gasteiger partial charge in [0.1, 0.15) is 5.76 Å². The van der Waals surface area contributed by atoms with Crippen LogP contribution in [0.4, 0.5) is 0 Å². The Kier molecular flexibility index (Phi) is 4.24. The minimum atomic E-state index is -0.188. The molecule has 0 saturated carbocycles. The normalized spacial score (nSPS) is 13.3. The molecule has 0 atom stereocenters. The second-order valence-electron chi connectivity index (χ2n) is 6.11. The van der Waals surface area contributed by atoms with E-state index in [0.717, 1.165) is 53.8 Å². The van der Waals surface area contributed by atoms with Crippen LogP contribution in [0.25, 0.3) is 11.3 Å². The summed E-state index contributed by atoms with van der Waals surface area (Å²) in [6.45, 7) is 0.413. The quantitative estimate of drug-likeness (QED) is 0.793. The van der Waals surface area contributed by atoms with E-state index in [1.54, 1.807) is 18.6 Å². The Morgan fingerprint density at radius 3 is 3.00 bits per heavy atom. The van der Waals surface area contributed by atoms with E-state index in [1.165, 1.54) is 0 Å². The average Bonchev–Trinajstić information content (AvgIpc) is 3.11. The summed E-state index contributed by atoms with van der Waals surface area (Å²) in [7, 11) is 0. The molecule has 0 spiro atoms. The summed E-state index contributed by atoms with van der Waals surface area (Å²) in [6.07, 6.45) is 9.14. The molecule has 3 aromatic heterocycles. The molecule has 1 aliphatic carbocycles. The Hall–Kier alpha value is -3.02. The Morgan fingerprint density at radius 1 is 1.20 bits per heavy atom.